The normalized spacial score (nSPS) is 19.8. The summed E-state index contributed by atoms with van der Waals surface area (Å²) in [7, 11) is 1.64. The molecule has 2 heterocycles. The molecular formula is C24H26BrN3O3S. The molecule has 0 aliphatic carbocycles. The zero-order chi connectivity index (χ0) is 22.3. The van der Waals surface area contributed by atoms with Crippen LogP contribution < -0.4 is 4.74 Å². The van der Waals surface area contributed by atoms with Gasteiger partial charge in [-0.25, -0.2) is 4.99 Å². The third kappa shape index (κ3) is 6.01. The molecule has 2 aliphatic rings. The molecule has 0 spiro atoms. The molecule has 2 aromatic carbocycles. The summed E-state index contributed by atoms with van der Waals surface area (Å²) < 4.78 is 11.7. The van der Waals surface area contributed by atoms with Crippen molar-refractivity contribution in [3.05, 3.63) is 63.5 Å². The van der Waals surface area contributed by atoms with E-state index in [1.807, 2.05) is 54.6 Å². The van der Waals surface area contributed by atoms with E-state index in [1.165, 1.54) is 11.8 Å². The van der Waals surface area contributed by atoms with Crippen LogP contribution in [-0.4, -0.2) is 67.4 Å². The maximum Gasteiger partial charge on any atom is 0.266 e. The predicted molar refractivity (Wildman–Crippen MR) is 133 cm³/mol. The van der Waals surface area contributed by atoms with Crippen LogP contribution in [0.4, 0.5) is 5.69 Å². The SMILES string of the molecule is COc1ccc(N=C2SC(=Cc3ccc(Br)cc3)C(=O)N2CCCN2CCOCC2)cc1. The van der Waals surface area contributed by atoms with Crippen molar-refractivity contribution in [2.24, 2.45) is 4.99 Å². The Morgan fingerprint density at radius 3 is 2.50 bits per heavy atom. The highest BCUT2D eigenvalue weighted by atomic mass is 79.9. The molecule has 0 unspecified atom stereocenters. The molecule has 4 rings (SSSR count). The molecule has 8 heteroatoms. The summed E-state index contributed by atoms with van der Waals surface area (Å²) in [6, 6.07) is 15.5. The number of thioether (sulfide) groups is 1. The lowest BCUT2D eigenvalue weighted by atomic mass is 10.2. The largest absolute Gasteiger partial charge is 0.497 e. The monoisotopic (exact) mass is 515 g/mol. The second-order valence-corrected chi connectivity index (χ2v) is 9.44. The summed E-state index contributed by atoms with van der Waals surface area (Å²) in [5.74, 6) is 0.787. The van der Waals surface area contributed by atoms with Gasteiger partial charge >= 0.3 is 0 Å². The van der Waals surface area contributed by atoms with Gasteiger partial charge in [0.25, 0.3) is 5.91 Å². The number of amides is 1. The van der Waals surface area contributed by atoms with Gasteiger partial charge in [0.1, 0.15) is 5.75 Å². The number of nitrogens with zero attached hydrogens (tertiary/aromatic N) is 3. The zero-order valence-corrected chi connectivity index (χ0v) is 20.4. The van der Waals surface area contributed by atoms with E-state index in [0.717, 1.165) is 60.7 Å². The van der Waals surface area contributed by atoms with E-state index in [4.69, 9.17) is 14.5 Å². The van der Waals surface area contributed by atoms with Gasteiger partial charge in [0.05, 0.1) is 30.9 Å². The number of hydrogen-bond donors (Lipinski definition) is 0. The van der Waals surface area contributed by atoms with E-state index < -0.39 is 0 Å². The molecule has 0 aromatic heterocycles. The van der Waals surface area contributed by atoms with Gasteiger partial charge in [-0.1, -0.05) is 28.1 Å². The lowest BCUT2D eigenvalue weighted by Crippen LogP contribution is -2.38. The van der Waals surface area contributed by atoms with Crippen LogP contribution in [0.2, 0.25) is 0 Å². The average Bonchev–Trinajstić information content (AvgIpc) is 3.10. The van der Waals surface area contributed by atoms with Gasteiger partial charge in [0, 0.05) is 30.7 Å². The number of hydrogen-bond acceptors (Lipinski definition) is 6. The fraction of sp³-hybridized carbons (Fsp3) is 0.333. The summed E-state index contributed by atoms with van der Waals surface area (Å²) in [6.45, 7) is 5.04. The highest BCUT2D eigenvalue weighted by Crippen LogP contribution is 2.34. The second-order valence-electron chi connectivity index (χ2n) is 7.52. The number of rotatable bonds is 7. The van der Waals surface area contributed by atoms with Crippen molar-refractivity contribution in [3.63, 3.8) is 0 Å². The van der Waals surface area contributed by atoms with Crippen LogP contribution >= 0.6 is 27.7 Å². The van der Waals surface area contributed by atoms with Crippen molar-refractivity contribution in [1.82, 2.24) is 9.80 Å². The van der Waals surface area contributed by atoms with Crippen LogP contribution in [0, 0.1) is 0 Å². The molecule has 0 saturated carbocycles. The van der Waals surface area contributed by atoms with E-state index in [9.17, 15) is 4.79 Å². The molecular weight excluding hydrogens is 490 g/mol. The first-order valence-electron chi connectivity index (χ1n) is 10.6. The number of aliphatic imine (C=N–C) groups is 1. The summed E-state index contributed by atoms with van der Waals surface area (Å²) in [6.07, 6.45) is 2.82. The molecule has 0 bridgehead atoms. The van der Waals surface area contributed by atoms with Crippen molar-refractivity contribution >= 4 is 50.5 Å². The summed E-state index contributed by atoms with van der Waals surface area (Å²) in [5.41, 5.74) is 1.78. The molecule has 2 saturated heterocycles. The smallest absolute Gasteiger partial charge is 0.266 e. The topological polar surface area (TPSA) is 54.4 Å². The number of amidine groups is 1. The molecule has 2 aromatic rings. The maximum atomic E-state index is 13.3. The molecule has 2 aliphatic heterocycles. The highest BCUT2D eigenvalue weighted by molar-refractivity contribution is 9.10. The Morgan fingerprint density at radius 2 is 1.81 bits per heavy atom. The van der Waals surface area contributed by atoms with Crippen molar-refractivity contribution in [2.45, 2.75) is 6.42 Å². The molecule has 0 atom stereocenters. The van der Waals surface area contributed by atoms with Crippen LogP contribution in [0.25, 0.3) is 6.08 Å². The van der Waals surface area contributed by atoms with E-state index in [2.05, 4.69) is 20.8 Å². The number of morpholine rings is 1. The minimum atomic E-state index is 0.00663. The van der Waals surface area contributed by atoms with Crippen LogP contribution in [-0.2, 0) is 9.53 Å². The van der Waals surface area contributed by atoms with Crippen LogP contribution in [0.15, 0.2) is 62.9 Å². The fourth-order valence-electron chi connectivity index (χ4n) is 3.54. The summed E-state index contributed by atoms with van der Waals surface area (Å²) in [4.78, 5) is 22.9. The second kappa shape index (κ2) is 11.1. The Balaban J connectivity index is 1.53. The Labute approximate surface area is 201 Å². The number of methoxy groups -OCH3 is 1. The first kappa shape index (κ1) is 23.0. The van der Waals surface area contributed by atoms with Crippen molar-refractivity contribution in [3.8, 4) is 5.75 Å². The van der Waals surface area contributed by atoms with Crippen molar-refractivity contribution < 1.29 is 14.3 Å². The average molecular weight is 516 g/mol. The molecule has 6 nitrogen and oxygen atoms in total. The minimum absolute atomic E-state index is 0.00663. The number of carbonyl (C=O) groups is 1. The fourth-order valence-corrected chi connectivity index (χ4v) is 4.83. The van der Waals surface area contributed by atoms with Crippen LogP contribution in [0.5, 0.6) is 5.75 Å². The quantitative estimate of drug-likeness (QED) is 0.496. The number of ether oxygens (including phenoxy) is 2. The van der Waals surface area contributed by atoms with E-state index in [1.54, 1.807) is 12.0 Å². The lowest BCUT2D eigenvalue weighted by molar-refractivity contribution is -0.122. The van der Waals surface area contributed by atoms with Gasteiger partial charge in [-0.3, -0.25) is 14.6 Å². The highest BCUT2D eigenvalue weighted by Gasteiger charge is 2.33. The Morgan fingerprint density at radius 1 is 1.09 bits per heavy atom. The zero-order valence-electron chi connectivity index (χ0n) is 18.0. The number of benzene rings is 2. The van der Waals surface area contributed by atoms with Gasteiger partial charge in [-0.05, 0) is 66.2 Å². The molecule has 32 heavy (non-hydrogen) atoms. The maximum absolute atomic E-state index is 13.3. The van der Waals surface area contributed by atoms with Gasteiger partial charge in [0.15, 0.2) is 5.17 Å². The lowest BCUT2D eigenvalue weighted by Gasteiger charge is -2.27. The predicted octanol–water partition coefficient (Wildman–Crippen LogP) is 4.78. The van der Waals surface area contributed by atoms with E-state index in [0.29, 0.717) is 16.6 Å². The van der Waals surface area contributed by atoms with E-state index in [-0.39, 0.29) is 5.91 Å². The van der Waals surface area contributed by atoms with Crippen molar-refractivity contribution in [1.29, 1.82) is 0 Å². The van der Waals surface area contributed by atoms with Gasteiger partial charge < -0.3 is 9.47 Å². The molecule has 168 valence electrons. The molecule has 2 fully saturated rings. The number of carbonyl (C=O) groups excluding carboxylic acids is 1. The Hall–Kier alpha value is -2.13. The van der Waals surface area contributed by atoms with E-state index >= 15 is 0 Å². The first-order chi connectivity index (χ1) is 15.6. The third-order valence-corrected chi connectivity index (χ3v) is 6.85. The molecule has 0 radical (unpaired) electrons. The summed E-state index contributed by atoms with van der Waals surface area (Å²) >= 11 is 4.88. The standard InChI is InChI=1S/C24H26BrN3O3S/c1-30-21-9-7-20(8-10-21)26-24-28(12-2-11-27-13-15-31-16-14-27)23(29)22(32-24)17-18-3-5-19(25)6-4-18/h3-10,17H,2,11-16H2,1H3. The Kier molecular flexibility index (Phi) is 8.02. The number of halogens is 1. The minimum Gasteiger partial charge on any atom is -0.497 e. The Bertz CT molecular complexity index is 987. The van der Waals surface area contributed by atoms with Gasteiger partial charge in [-0.15, -0.1) is 0 Å². The van der Waals surface area contributed by atoms with Crippen LogP contribution in [0.3, 0.4) is 0 Å². The molecule has 1 amide bonds. The van der Waals surface area contributed by atoms with Crippen LogP contribution in [0.1, 0.15) is 12.0 Å². The van der Waals surface area contributed by atoms with Gasteiger partial charge in [0.2, 0.25) is 0 Å². The first-order valence-corrected chi connectivity index (χ1v) is 12.2. The van der Waals surface area contributed by atoms with Gasteiger partial charge in [-0.2, -0.15) is 0 Å². The summed E-state index contributed by atoms with van der Waals surface area (Å²) in [5, 5.41) is 0.713. The van der Waals surface area contributed by atoms with Crippen molar-refractivity contribution in [2.75, 3.05) is 46.5 Å². The third-order valence-electron chi connectivity index (χ3n) is 5.31. The molecule has 0 N–H and O–H groups in total.